The van der Waals surface area contributed by atoms with Crippen LogP contribution in [0.3, 0.4) is 0 Å². The Morgan fingerprint density at radius 2 is 0.794 bits per heavy atom. The highest BCUT2D eigenvalue weighted by molar-refractivity contribution is 9.10. The van der Waals surface area contributed by atoms with Crippen molar-refractivity contribution in [2.24, 2.45) is 5.73 Å². The van der Waals surface area contributed by atoms with Gasteiger partial charge in [-0.05, 0) is 12.8 Å². The number of hydrogen-bond acceptors (Lipinski definition) is 2. The Morgan fingerprint density at radius 3 is 0.971 bits per heavy atom. The Labute approximate surface area is 221 Å². The van der Waals surface area contributed by atoms with Gasteiger partial charge in [0.15, 0.2) is 0 Å². The lowest BCUT2D eigenvalue weighted by Gasteiger charge is -2.21. The smallest absolute Gasteiger partial charge is 0.318 e. The van der Waals surface area contributed by atoms with Crippen molar-refractivity contribution in [3.8, 4) is 0 Å². The molecule has 0 fully saturated rings. The highest BCUT2D eigenvalue weighted by Gasteiger charge is 2.32. The van der Waals surface area contributed by atoms with E-state index in [1.165, 1.54) is 128 Å². The highest BCUT2D eigenvalue weighted by atomic mass is 79.9. The Hall–Kier alpha value is -0.580. The summed E-state index contributed by atoms with van der Waals surface area (Å²) in [5, 5.41) is 2.04. The second kappa shape index (κ2) is 27.0. The van der Waals surface area contributed by atoms with Gasteiger partial charge < -0.3 is 5.73 Å². The van der Waals surface area contributed by atoms with Crippen LogP contribution in [-0.2, 0) is 4.79 Å². The van der Waals surface area contributed by atoms with E-state index in [0.717, 1.165) is 0 Å². The number of nitrogens with two attached hydrogens (primary N) is 1. The molecule has 0 aliphatic heterocycles. The number of primary amides is 1. The molecule has 0 radical (unpaired) electrons. The lowest BCUT2D eigenvalue weighted by atomic mass is 10.0. The Morgan fingerprint density at radius 1 is 0.559 bits per heavy atom. The summed E-state index contributed by atoms with van der Waals surface area (Å²) >= 11 is 3.26. The van der Waals surface area contributed by atoms with Gasteiger partial charge in [-0.3, -0.25) is 10.1 Å². The number of halogens is 1. The van der Waals surface area contributed by atoms with Crippen LogP contribution in [0.1, 0.15) is 169 Å². The van der Waals surface area contributed by atoms with Crippen molar-refractivity contribution < 1.29 is 9.59 Å². The molecule has 0 aromatic heterocycles. The molecule has 0 atom stereocenters. The van der Waals surface area contributed by atoms with Gasteiger partial charge in [-0.1, -0.05) is 172 Å². The lowest BCUT2D eigenvalue weighted by molar-refractivity contribution is -0.122. The van der Waals surface area contributed by atoms with Crippen LogP contribution in [0.2, 0.25) is 0 Å². The van der Waals surface area contributed by atoms with E-state index in [2.05, 4.69) is 29.8 Å². The van der Waals surface area contributed by atoms with Crippen LogP contribution in [0, 0.1) is 0 Å². The Balaban J connectivity index is 0. The number of rotatable bonds is 22. The molecule has 0 aromatic rings. The highest BCUT2D eigenvalue weighted by Crippen LogP contribution is 2.26. The summed E-state index contributed by atoms with van der Waals surface area (Å²) in [6.07, 6.45) is 30.6. The van der Waals surface area contributed by atoms with Crippen molar-refractivity contribution in [2.75, 3.05) is 0 Å². The summed E-state index contributed by atoms with van der Waals surface area (Å²) in [7, 11) is 0. The van der Waals surface area contributed by atoms with Crippen LogP contribution in [0.4, 0.5) is 4.79 Å². The van der Waals surface area contributed by atoms with Gasteiger partial charge >= 0.3 is 6.03 Å². The third-order valence-corrected chi connectivity index (χ3v) is 8.20. The number of carbonyl (C=O) groups excluding carboxylic acids is 2. The summed E-state index contributed by atoms with van der Waals surface area (Å²) in [5.41, 5.74) is 4.81. The normalized spacial score (nSPS) is 11.1. The predicted molar refractivity (Wildman–Crippen MR) is 154 cm³/mol. The molecule has 5 heteroatoms. The molecule has 0 saturated heterocycles. The van der Waals surface area contributed by atoms with Crippen LogP contribution in [-0.4, -0.2) is 16.3 Å². The van der Waals surface area contributed by atoms with Crippen molar-refractivity contribution in [1.82, 2.24) is 5.32 Å². The number of nitrogens with one attached hydrogen (secondary N) is 1. The van der Waals surface area contributed by atoms with E-state index < -0.39 is 10.4 Å². The first kappa shape index (κ1) is 35.6. The van der Waals surface area contributed by atoms with Crippen LogP contribution in [0.15, 0.2) is 0 Å². The number of unbranched alkanes of at least 4 members (excludes halogenated alkanes) is 19. The fourth-order valence-corrected chi connectivity index (χ4v) is 4.22. The average Bonchev–Trinajstić information content (AvgIpc) is 2.82. The van der Waals surface area contributed by atoms with E-state index in [1.807, 2.05) is 19.2 Å². The number of amides is 3. The maximum atomic E-state index is 11.3. The molecule has 34 heavy (non-hydrogen) atoms. The van der Waals surface area contributed by atoms with Crippen molar-refractivity contribution in [2.45, 2.75) is 173 Å². The summed E-state index contributed by atoms with van der Waals surface area (Å²) < 4.78 is -0.665. The van der Waals surface area contributed by atoms with Gasteiger partial charge in [0.25, 0.3) is 0 Å². The molecule has 0 spiro atoms. The van der Waals surface area contributed by atoms with Crippen molar-refractivity contribution in [1.29, 1.82) is 0 Å². The van der Waals surface area contributed by atoms with E-state index in [0.29, 0.717) is 12.8 Å². The number of carbonyl (C=O) groups is 2. The van der Waals surface area contributed by atoms with Crippen molar-refractivity contribution >= 4 is 27.9 Å². The number of alkyl halides is 1. The first-order chi connectivity index (χ1) is 16.4. The van der Waals surface area contributed by atoms with Gasteiger partial charge in [0.2, 0.25) is 5.91 Å². The Bertz CT molecular complexity index is 433. The molecule has 0 bridgehead atoms. The molecule has 4 nitrogen and oxygen atoms in total. The van der Waals surface area contributed by atoms with Gasteiger partial charge in [0, 0.05) is 0 Å². The van der Waals surface area contributed by atoms with Crippen LogP contribution in [0.5, 0.6) is 0 Å². The van der Waals surface area contributed by atoms with Gasteiger partial charge in [-0.2, -0.15) is 0 Å². The number of imide groups is 1. The van der Waals surface area contributed by atoms with Gasteiger partial charge in [-0.15, -0.1) is 0 Å². The summed E-state index contributed by atoms with van der Waals surface area (Å²) in [6, 6.07) is -0.814. The van der Waals surface area contributed by atoms with E-state index in [9.17, 15) is 9.59 Å². The molecule has 0 saturated carbocycles. The fourth-order valence-electron chi connectivity index (χ4n) is 4.12. The summed E-state index contributed by atoms with van der Waals surface area (Å²) in [6.45, 7) is 8.32. The minimum Gasteiger partial charge on any atom is -0.351 e. The van der Waals surface area contributed by atoms with Crippen molar-refractivity contribution in [3.05, 3.63) is 0 Å². The zero-order valence-corrected chi connectivity index (χ0v) is 24.9. The minimum absolute atomic E-state index is 0.375. The van der Waals surface area contributed by atoms with Crippen LogP contribution < -0.4 is 11.1 Å². The third-order valence-electron chi connectivity index (χ3n) is 6.72. The molecule has 0 aromatic carbocycles. The second-order valence-corrected chi connectivity index (χ2v) is 11.4. The van der Waals surface area contributed by atoms with Gasteiger partial charge in [-0.25, -0.2) is 4.79 Å². The zero-order chi connectivity index (χ0) is 25.9. The van der Waals surface area contributed by atoms with Crippen LogP contribution >= 0.6 is 15.9 Å². The molecule has 0 aliphatic carbocycles. The number of urea groups is 1. The molecule has 3 N–H and O–H groups in total. The standard InChI is InChI=1S/C22H46.C7H13BrN2O2/c1-3-5-7-9-11-13-15-17-19-21-22-20-18-16-14-12-10-8-6-4-2;1-3-7(8,4-2)5(11)10-6(9)12/h3-22H2,1-2H3;3-4H2,1-2H3,(H3,9,10,11,12). The Kier molecular flexibility index (Phi) is 28.3. The van der Waals surface area contributed by atoms with Crippen LogP contribution in [0.25, 0.3) is 0 Å². The van der Waals surface area contributed by atoms with E-state index in [1.54, 1.807) is 0 Å². The topological polar surface area (TPSA) is 72.2 Å². The molecule has 0 unspecified atom stereocenters. The second-order valence-electron chi connectivity index (χ2n) is 9.85. The van der Waals surface area contributed by atoms with E-state index in [4.69, 9.17) is 5.73 Å². The maximum absolute atomic E-state index is 11.3. The molecular formula is C29H59BrN2O2. The predicted octanol–water partition coefficient (Wildman–Crippen LogP) is 9.96. The fraction of sp³-hybridized carbons (Fsp3) is 0.931. The van der Waals surface area contributed by atoms with Crippen molar-refractivity contribution in [3.63, 3.8) is 0 Å². The lowest BCUT2D eigenvalue weighted by Crippen LogP contribution is -2.46. The molecule has 204 valence electrons. The minimum atomic E-state index is -0.814. The molecule has 3 amide bonds. The summed E-state index contributed by atoms with van der Waals surface area (Å²) in [4.78, 5) is 21.6. The van der Waals surface area contributed by atoms with E-state index in [-0.39, 0.29) is 5.91 Å². The monoisotopic (exact) mass is 546 g/mol. The summed E-state index contributed by atoms with van der Waals surface area (Å²) in [5.74, 6) is -0.375. The molecule has 0 aliphatic rings. The zero-order valence-electron chi connectivity index (χ0n) is 23.3. The molecule has 0 heterocycles. The molecular weight excluding hydrogens is 488 g/mol. The quantitative estimate of drug-likeness (QED) is 0.105. The third kappa shape index (κ3) is 24.5. The largest absolute Gasteiger partial charge is 0.351 e. The average molecular weight is 548 g/mol. The molecule has 0 rings (SSSR count). The van der Waals surface area contributed by atoms with E-state index >= 15 is 0 Å². The maximum Gasteiger partial charge on any atom is 0.318 e. The SMILES string of the molecule is CCC(Br)(CC)C(=O)NC(N)=O.CCCCCCCCCCCCCCCCCCCCCC. The van der Waals surface area contributed by atoms with Gasteiger partial charge in [0.1, 0.15) is 4.32 Å². The van der Waals surface area contributed by atoms with Gasteiger partial charge in [0.05, 0.1) is 0 Å². The first-order valence-electron chi connectivity index (χ1n) is 14.7. The first-order valence-corrected chi connectivity index (χ1v) is 15.5. The number of hydrogen-bond donors (Lipinski definition) is 2.